The highest BCUT2D eigenvalue weighted by atomic mass is 19.1. The van der Waals surface area contributed by atoms with Crippen LogP contribution in [0.2, 0.25) is 0 Å². The van der Waals surface area contributed by atoms with E-state index < -0.39 is 11.6 Å². The molecule has 0 saturated heterocycles. The molecule has 0 spiro atoms. The van der Waals surface area contributed by atoms with Gasteiger partial charge in [-0.05, 0) is 24.5 Å². The van der Waals surface area contributed by atoms with Crippen LogP contribution >= 0.6 is 0 Å². The Bertz CT molecular complexity index is 374. The van der Waals surface area contributed by atoms with Crippen LogP contribution in [0, 0.1) is 11.6 Å². The zero-order chi connectivity index (χ0) is 13.5. The summed E-state index contributed by atoms with van der Waals surface area (Å²) in [5.74, 6) is 4.35. The molecule has 0 amide bonds. The van der Waals surface area contributed by atoms with Gasteiger partial charge in [0.15, 0.2) is 0 Å². The van der Waals surface area contributed by atoms with Gasteiger partial charge in [-0.15, -0.1) is 0 Å². The first-order chi connectivity index (χ1) is 8.62. The van der Waals surface area contributed by atoms with Crippen molar-refractivity contribution in [3.05, 3.63) is 35.4 Å². The van der Waals surface area contributed by atoms with E-state index in [9.17, 15) is 8.78 Å². The fourth-order valence-electron chi connectivity index (χ4n) is 1.99. The summed E-state index contributed by atoms with van der Waals surface area (Å²) < 4.78 is 31.7. The van der Waals surface area contributed by atoms with Gasteiger partial charge in [0.25, 0.3) is 0 Å². The molecule has 0 saturated carbocycles. The van der Waals surface area contributed by atoms with Crippen molar-refractivity contribution in [1.29, 1.82) is 0 Å². The molecule has 3 N–H and O–H groups in total. The van der Waals surface area contributed by atoms with Crippen LogP contribution in [0.1, 0.15) is 25.3 Å². The minimum Gasteiger partial charge on any atom is -0.380 e. The highest BCUT2D eigenvalue weighted by molar-refractivity contribution is 5.19. The molecular formula is C13H20F2N2O. The Hall–Kier alpha value is -1.04. The van der Waals surface area contributed by atoms with Crippen LogP contribution in [-0.4, -0.2) is 19.3 Å². The summed E-state index contributed by atoms with van der Waals surface area (Å²) in [6.45, 7) is 2.04. The number of ether oxygens (including phenoxy) is 1. The minimum absolute atomic E-state index is 0.0931. The van der Waals surface area contributed by atoms with Crippen molar-refractivity contribution >= 4 is 0 Å². The molecule has 0 aliphatic rings. The van der Waals surface area contributed by atoms with Gasteiger partial charge < -0.3 is 4.74 Å². The maximum Gasteiger partial charge on any atom is 0.129 e. The lowest BCUT2D eigenvalue weighted by Crippen LogP contribution is -2.46. The third-order valence-electron chi connectivity index (χ3n) is 2.99. The molecule has 2 unspecified atom stereocenters. The van der Waals surface area contributed by atoms with Crippen molar-refractivity contribution in [3.8, 4) is 0 Å². The number of rotatable bonds is 7. The molecule has 0 radical (unpaired) electrons. The van der Waals surface area contributed by atoms with Gasteiger partial charge in [0.1, 0.15) is 11.6 Å². The van der Waals surface area contributed by atoms with Gasteiger partial charge >= 0.3 is 0 Å². The van der Waals surface area contributed by atoms with E-state index >= 15 is 0 Å². The Balaban J connectivity index is 2.78. The van der Waals surface area contributed by atoms with Gasteiger partial charge in [-0.1, -0.05) is 19.4 Å². The first kappa shape index (κ1) is 15.0. The second kappa shape index (κ2) is 7.41. The lowest BCUT2D eigenvalue weighted by atomic mass is 9.98. The number of halogens is 2. The summed E-state index contributed by atoms with van der Waals surface area (Å²) >= 11 is 0. The van der Waals surface area contributed by atoms with Crippen LogP contribution in [0.15, 0.2) is 18.2 Å². The minimum atomic E-state index is -0.578. The highest BCUT2D eigenvalue weighted by Gasteiger charge is 2.21. The van der Waals surface area contributed by atoms with Gasteiger partial charge in [0.05, 0.1) is 12.1 Å². The maximum absolute atomic E-state index is 13.6. The largest absolute Gasteiger partial charge is 0.380 e. The molecule has 1 rings (SSSR count). The number of hydrogen-bond donors (Lipinski definition) is 2. The van der Waals surface area contributed by atoms with Crippen LogP contribution < -0.4 is 11.3 Å². The van der Waals surface area contributed by atoms with Gasteiger partial charge in [-0.3, -0.25) is 11.3 Å². The van der Waals surface area contributed by atoms with Crippen molar-refractivity contribution in [2.75, 3.05) is 7.11 Å². The average molecular weight is 258 g/mol. The fourth-order valence-corrected chi connectivity index (χ4v) is 1.99. The SMILES string of the molecule is CCCC(OC)C(Cc1ccc(F)cc1F)NN. The summed E-state index contributed by atoms with van der Waals surface area (Å²) in [6, 6.07) is 3.36. The zero-order valence-corrected chi connectivity index (χ0v) is 10.7. The van der Waals surface area contributed by atoms with Crippen LogP contribution in [0.25, 0.3) is 0 Å². The number of nitrogens with one attached hydrogen (secondary N) is 1. The standard InChI is InChI=1S/C13H20F2N2O/c1-3-4-13(18-2)12(17-16)7-9-5-6-10(14)8-11(9)15/h5-6,8,12-13,17H,3-4,7,16H2,1-2H3. The Morgan fingerprint density at radius 2 is 2.11 bits per heavy atom. The molecule has 0 bridgehead atoms. The second-order valence-corrected chi connectivity index (χ2v) is 4.28. The van der Waals surface area contributed by atoms with Crippen molar-refractivity contribution in [3.63, 3.8) is 0 Å². The van der Waals surface area contributed by atoms with E-state index in [2.05, 4.69) is 5.43 Å². The molecular weight excluding hydrogens is 238 g/mol. The highest BCUT2D eigenvalue weighted by Crippen LogP contribution is 2.15. The molecule has 1 aromatic rings. The molecule has 0 aliphatic heterocycles. The normalized spacial score (nSPS) is 14.5. The number of hydrogen-bond acceptors (Lipinski definition) is 3. The van der Waals surface area contributed by atoms with E-state index in [1.54, 1.807) is 7.11 Å². The van der Waals surface area contributed by atoms with E-state index in [1.165, 1.54) is 12.1 Å². The average Bonchev–Trinajstić information content (AvgIpc) is 2.36. The predicted molar refractivity (Wildman–Crippen MR) is 66.9 cm³/mol. The summed E-state index contributed by atoms with van der Waals surface area (Å²) in [7, 11) is 1.60. The molecule has 0 heterocycles. The number of nitrogens with two attached hydrogens (primary N) is 1. The van der Waals surface area contributed by atoms with E-state index in [0.717, 1.165) is 18.9 Å². The third-order valence-corrected chi connectivity index (χ3v) is 2.99. The lowest BCUT2D eigenvalue weighted by molar-refractivity contribution is 0.0607. The molecule has 0 fully saturated rings. The van der Waals surface area contributed by atoms with Crippen molar-refractivity contribution in [2.45, 2.75) is 38.3 Å². The van der Waals surface area contributed by atoms with Crippen LogP contribution in [0.5, 0.6) is 0 Å². The zero-order valence-electron chi connectivity index (χ0n) is 10.7. The quantitative estimate of drug-likeness (QED) is 0.582. The number of hydrazine groups is 1. The molecule has 1 aromatic carbocycles. The Kier molecular flexibility index (Phi) is 6.18. The van der Waals surface area contributed by atoms with Crippen LogP contribution in [0.3, 0.4) is 0 Å². The van der Waals surface area contributed by atoms with Gasteiger partial charge in [-0.2, -0.15) is 0 Å². The van der Waals surface area contributed by atoms with E-state index in [4.69, 9.17) is 10.6 Å². The van der Waals surface area contributed by atoms with E-state index in [1.807, 2.05) is 6.92 Å². The predicted octanol–water partition coefficient (Wildman–Crippen LogP) is 2.15. The molecule has 0 aromatic heterocycles. The first-order valence-electron chi connectivity index (χ1n) is 6.05. The maximum atomic E-state index is 13.6. The topological polar surface area (TPSA) is 47.3 Å². The summed E-state index contributed by atoms with van der Waals surface area (Å²) in [6.07, 6.45) is 2.04. The Labute approximate surface area is 106 Å². The summed E-state index contributed by atoms with van der Waals surface area (Å²) in [5, 5.41) is 0. The van der Waals surface area contributed by atoms with E-state index in [0.29, 0.717) is 12.0 Å². The van der Waals surface area contributed by atoms with Crippen molar-refractivity contribution in [1.82, 2.24) is 5.43 Å². The van der Waals surface area contributed by atoms with Crippen molar-refractivity contribution in [2.24, 2.45) is 5.84 Å². The molecule has 2 atom stereocenters. The first-order valence-corrected chi connectivity index (χ1v) is 6.05. The molecule has 5 heteroatoms. The van der Waals surface area contributed by atoms with Gasteiger partial charge in [-0.25, -0.2) is 8.78 Å². The van der Waals surface area contributed by atoms with E-state index in [-0.39, 0.29) is 12.1 Å². The molecule has 3 nitrogen and oxygen atoms in total. The summed E-state index contributed by atoms with van der Waals surface area (Å²) in [5.41, 5.74) is 3.07. The van der Waals surface area contributed by atoms with Crippen LogP contribution in [-0.2, 0) is 11.2 Å². The molecule has 18 heavy (non-hydrogen) atoms. The summed E-state index contributed by atoms with van der Waals surface area (Å²) in [4.78, 5) is 0. The number of methoxy groups -OCH3 is 1. The van der Waals surface area contributed by atoms with Gasteiger partial charge in [0, 0.05) is 13.2 Å². The fraction of sp³-hybridized carbons (Fsp3) is 0.538. The number of benzene rings is 1. The Morgan fingerprint density at radius 3 is 2.61 bits per heavy atom. The smallest absolute Gasteiger partial charge is 0.129 e. The molecule has 102 valence electrons. The van der Waals surface area contributed by atoms with Crippen LogP contribution in [0.4, 0.5) is 8.78 Å². The van der Waals surface area contributed by atoms with Gasteiger partial charge in [0.2, 0.25) is 0 Å². The van der Waals surface area contributed by atoms with Crippen molar-refractivity contribution < 1.29 is 13.5 Å². The third kappa shape index (κ3) is 4.01. The second-order valence-electron chi connectivity index (χ2n) is 4.28. The molecule has 0 aliphatic carbocycles. The Morgan fingerprint density at radius 1 is 1.39 bits per heavy atom. The monoisotopic (exact) mass is 258 g/mol. The lowest BCUT2D eigenvalue weighted by Gasteiger charge is -2.25.